The average molecular weight is 262 g/mol. The molecule has 2 N–H and O–H groups in total. The summed E-state index contributed by atoms with van der Waals surface area (Å²) in [6.45, 7) is 3.61. The fourth-order valence-electron chi connectivity index (χ4n) is 1.49. The summed E-state index contributed by atoms with van der Waals surface area (Å²) in [4.78, 5) is 11.2. The van der Waals surface area contributed by atoms with Crippen LogP contribution in [-0.4, -0.2) is 18.7 Å². The smallest absolute Gasteiger partial charge is 0.342 e. The van der Waals surface area contributed by atoms with E-state index in [0.717, 1.165) is 5.56 Å². The van der Waals surface area contributed by atoms with Gasteiger partial charge in [0.25, 0.3) is 0 Å². The molecule has 3 nitrogen and oxygen atoms in total. The molecule has 0 radical (unpaired) electrons. The Balaban J connectivity index is 0.00000256. The van der Waals surface area contributed by atoms with Gasteiger partial charge in [-0.25, -0.2) is 9.18 Å². The van der Waals surface area contributed by atoms with Gasteiger partial charge in [0.2, 0.25) is 6.17 Å². The Morgan fingerprint density at radius 2 is 2.06 bits per heavy atom. The number of alkyl halides is 1. The lowest BCUT2D eigenvalue weighted by Gasteiger charge is -2.17. The Kier molecular flexibility index (Phi) is 6.76. The van der Waals surface area contributed by atoms with E-state index in [4.69, 9.17) is 5.73 Å². The lowest BCUT2D eigenvalue weighted by atomic mass is 9.98. The molecule has 0 aliphatic heterocycles. The second kappa shape index (κ2) is 7.25. The molecule has 0 aromatic heterocycles. The number of aryl methyl sites for hydroxylation is 1. The number of benzene rings is 1. The lowest BCUT2D eigenvalue weighted by molar-refractivity contribution is -0.149. The van der Waals surface area contributed by atoms with Crippen molar-refractivity contribution < 1.29 is 13.9 Å². The zero-order chi connectivity index (χ0) is 12.1. The van der Waals surface area contributed by atoms with E-state index in [9.17, 15) is 9.18 Å². The normalized spacial score (nSPS) is 13.4. The molecule has 0 saturated heterocycles. The first-order chi connectivity index (χ1) is 7.57. The Hall–Kier alpha value is -1.13. The highest BCUT2D eigenvalue weighted by molar-refractivity contribution is 5.85. The number of ether oxygens (including phenoxy) is 1. The SMILES string of the molecule is CCOC(=O)C(F)[C@H](N)c1ccccc1C.Cl. The highest BCUT2D eigenvalue weighted by atomic mass is 35.5. The van der Waals surface area contributed by atoms with E-state index in [-0.39, 0.29) is 19.0 Å². The van der Waals surface area contributed by atoms with Crippen LogP contribution in [0.1, 0.15) is 24.1 Å². The van der Waals surface area contributed by atoms with Crippen molar-refractivity contribution in [1.29, 1.82) is 0 Å². The third kappa shape index (κ3) is 3.98. The van der Waals surface area contributed by atoms with Crippen LogP contribution in [0.4, 0.5) is 4.39 Å². The maximum absolute atomic E-state index is 13.6. The van der Waals surface area contributed by atoms with Crippen LogP contribution in [0.5, 0.6) is 0 Å². The molecule has 0 spiro atoms. The second-order valence-electron chi connectivity index (χ2n) is 3.54. The summed E-state index contributed by atoms with van der Waals surface area (Å²) in [6, 6.07) is 6.17. The quantitative estimate of drug-likeness (QED) is 0.847. The summed E-state index contributed by atoms with van der Waals surface area (Å²) in [5, 5.41) is 0. The van der Waals surface area contributed by atoms with Gasteiger partial charge in [-0.1, -0.05) is 24.3 Å². The van der Waals surface area contributed by atoms with Crippen LogP contribution in [0, 0.1) is 6.92 Å². The number of hydrogen-bond acceptors (Lipinski definition) is 3. The van der Waals surface area contributed by atoms with E-state index in [1.54, 1.807) is 19.1 Å². The number of halogens is 2. The van der Waals surface area contributed by atoms with Crippen LogP contribution in [0.2, 0.25) is 0 Å². The molecular weight excluding hydrogens is 245 g/mol. The number of hydrogen-bond donors (Lipinski definition) is 1. The molecule has 96 valence electrons. The highest BCUT2D eigenvalue weighted by Gasteiger charge is 2.28. The zero-order valence-corrected chi connectivity index (χ0v) is 10.7. The zero-order valence-electron chi connectivity index (χ0n) is 9.85. The van der Waals surface area contributed by atoms with Crippen LogP contribution in [0.25, 0.3) is 0 Å². The van der Waals surface area contributed by atoms with Gasteiger partial charge in [0.1, 0.15) is 0 Å². The predicted octanol–water partition coefficient (Wildman–Crippen LogP) is 2.32. The minimum absolute atomic E-state index is 0. The molecule has 0 aliphatic carbocycles. The van der Waals surface area contributed by atoms with Gasteiger partial charge in [-0.05, 0) is 25.0 Å². The second-order valence-corrected chi connectivity index (χ2v) is 3.54. The molecule has 0 heterocycles. The first-order valence-corrected chi connectivity index (χ1v) is 5.19. The molecule has 0 fully saturated rings. The van der Waals surface area contributed by atoms with E-state index >= 15 is 0 Å². The van der Waals surface area contributed by atoms with Crippen molar-refractivity contribution in [2.45, 2.75) is 26.1 Å². The van der Waals surface area contributed by atoms with E-state index < -0.39 is 18.2 Å². The molecule has 1 aromatic carbocycles. The molecular formula is C12H17ClFNO2. The van der Waals surface area contributed by atoms with Crippen LogP contribution < -0.4 is 5.73 Å². The van der Waals surface area contributed by atoms with Gasteiger partial charge in [0, 0.05) is 0 Å². The van der Waals surface area contributed by atoms with Crippen LogP contribution >= 0.6 is 12.4 Å². The number of carbonyl (C=O) groups is 1. The van der Waals surface area contributed by atoms with Gasteiger partial charge in [-0.15, -0.1) is 12.4 Å². The predicted molar refractivity (Wildman–Crippen MR) is 66.9 cm³/mol. The molecule has 1 unspecified atom stereocenters. The van der Waals surface area contributed by atoms with Gasteiger partial charge in [0.15, 0.2) is 0 Å². The van der Waals surface area contributed by atoms with Crippen molar-refractivity contribution in [3.05, 3.63) is 35.4 Å². The van der Waals surface area contributed by atoms with Crippen LogP contribution in [0.3, 0.4) is 0 Å². The maximum atomic E-state index is 13.6. The fraction of sp³-hybridized carbons (Fsp3) is 0.417. The monoisotopic (exact) mass is 261 g/mol. The summed E-state index contributed by atoms with van der Waals surface area (Å²) in [5.74, 6) is -0.904. The van der Waals surface area contributed by atoms with Crippen molar-refractivity contribution in [3.8, 4) is 0 Å². The summed E-state index contributed by atoms with van der Waals surface area (Å²) in [5.41, 5.74) is 7.19. The fourth-order valence-corrected chi connectivity index (χ4v) is 1.49. The van der Waals surface area contributed by atoms with Crippen LogP contribution in [0.15, 0.2) is 24.3 Å². The summed E-state index contributed by atoms with van der Waals surface area (Å²) in [7, 11) is 0. The minimum Gasteiger partial charge on any atom is -0.464 e. The molecule has 1 rings (SSSR count). The third-order valence-corrected chi connectivity index (χ3v) is 2.37. The Morgan fingerprint density at radius 1 is 1.47 bits per heavy atom. The third-order valence-electron chi connectivity index (χ3n) is 2.37. The van der Waals surface area contributed by atoms with Crippen molar-refractivity contribution in [3.63, 3.8) is 0 Å². The van der Waals surface area contributed by atoms with Gasteiger partial charge in [-0.3, -0.25) is 0 Å². The van der Waals surface area contributed by atoms with Gasteiger partial charge < -0.3 is 10.5 Å². The summed E-state index contributed by atoms with van der Waals surface area (Å²) in [6.07, 6.45) is -1.82. The topological polar surface area (TPSA) is 52.3 Å². The molecule has 2 atom stereocenters. The first-order valence-electron chi connectivity index (χ1n) is 5.19. The van der Waals surface area contributed by atoms with E-state index in [1.807, 2.05) is 19.1 Å². The Bertz CT molecular complexity index is 373. The molecule has 0 saturated carbocycles. The van der Waals surface area contributed by atoms with Crippen molar-refractivity contribution in [2.75, 3.05) is 6.61 Å². The number of esters is 1. The first kappa shape index (κ1) is 15.9. The lowest BCUT2D eigenvalue weighted by Crippen LogP contribution is -2.32. The average Bonchev–Trinajstić information content (AvgIpc) is 2.28. The van der Waals surface area contributed by atoms with Gasteiger partial charge >= 0.3 is 5.97 Å². The Labute approximate surface area is 107 Å². The number of carbonyl (C=O) groups excluding carboxylic acids is 1. The largest absolute Gasteiger partial charge is 0.464 e. The van der Waals surface area contributed by atoms with E-state index in [1.165, 1.54) is 0 Å². The molecule has 0 amide bonds. The van der Waals surface area contributed by atoms with Crippen molar-refractivity contribution in [1.82, 2.24) is 0 Å². The van der Waals surface area contributed by atoms with Crippen LogP contribution in [-0.2, 0) is 9.53 Å². The Morgan fingerprint density at radius 3 is 2.59 bits per heavy atom. The molecule has 1 aromatic rings. The molecule has 5 heteroatoms. The number of nitrogens with two attached hydrogens (primary N) is 1. The van der Waals surface area contributed by atoms with E-state index in [0.29, 0.717) is 5.56 Å². The van der Waals surface area contributed by atoms with Crippen molar-refractivity contribution >= 4 is 18.4 Å². The van der Waals surface area contributed by atoms with Crippen molar-refractivity contribution in [2.24, 2.45) is 5.73 Å². The standard InChI is InChI=1S/C12H16FNO2.ClH/c1-3-16-12(15)10(13)11(14)9-7-5-4-6-8(9)2;/h4-7,10-11H,3,14H2,1-2H3;1H/t10?,11-;/m1./s1. The highest BCUT2D eigenvalue weighted by Crippen LogP contribution is 2.21. The number of rotatable bonds is 4. The minimum atomic E-state index is -1.82. The molecule has 0 aliphatic rings. The summed E-state index contributed by atoms with van der Waals surface area (Å²) >= 11 is 0. The van der Waals surface area contributed by atoms with Gasteiger partial charge in [-0.2, -0.15) is 0 Å². The van der Waals surface area contributed by atoms with E-state index in [2.05, 4.69) is 4.74 Å². The molecule has 0 bridgehead atoms. The summed E-state index contributed by atoms with van der Waals surface area (Å²) < 4.78 is 18.2. The van der Waals surface area contributed by atoms with Gasteiger partial charge in [0.05, 0.1) is 12.6 Å². The molecule has 17 heavy (non-hydrogen) atoms. The maximum Gasteiger partial charge on any atom is 0.342 e.